The molecule has 0 aliphatic carbocycles. The predicted molar refractivity (Wildman–Crippen MR) is 140 cm³/mol. The molecule has 0 spiro atoms. The van der Waals surface area contributed by atoms with Crippen LogP contribution in [0.5, 0.6) is 11.5 Å². The average molecular weight is 517 g/mol. The van der Waals surface area contributed by atoms with E-state index >= 15 is 0 Å². The Morgan fingerprint density at radius 1 is 1.19 bits per heavy atom. The number of aromatic nitrogens is 2. The fraction of sp³-hybridized carbons (Fsp3) is 0.577. The molecule has 1 aromatic carbocycles. The highest BCUT2D eigenvalue weighted by atomic mass is 32.2. The fourth-order valence-electron chi connectivity index (χ4n) is 4.37. The molecule has 0 radical (unpaired) electrons. The minimum atomic E-state index is -0.424. The summed E-state index contributed by atoms with van der Waals surface area (Å²) in [6.45, 7) is 13.4. The Labute approximate surface area is 216 Å². The van der Waals surface area contributed by atoms with Crippen LogP contribution in [0.25, 0.3) is 0 Å². The predicted octanol–water partition coefficient (Wildman–Crippen LogP) is 3.60. The van der Waals surface area contributed by atoms with Crippen molar-refractivity contribution in [3.8, 4) is 11.5 Å². The van der Waals surface area contributed by atoms with Gasteiger partial charge in [0.05, 0.1) is 28.8 Å². The molecule has 2 amide bonds. The second-order valence-electron chi connectivity index (χ2n) is 11.0. The van der Waals surface area contributed by atoms with Crippen LogP contribution in [0.4, 0.5) is 5.82 Å². The number of hydrogen-bond donors (Lipinski definition) is 1. The molecule has 9 nitrogen and oxygen atoms in total. The van der Waals surface area contributed by atoms with Crippen LogP contribution in [-0.4, -0.2) is 60.9 Å². The average Bonchev–Trinajstić information content (AvgIpc) is 3.39. The van der Waals surface area contributed by atoms with E-state index in [9.17, 15) is 9.59 Å². The van der Waals surface area contributed by atoms with Gasteiger partial charge in [-0.15, -0.1) is 11.8 Å². The number of ether oxygens (including phenoxy) is 3. The summed E-state index contributed by atoms with van der Waals surface area (Å²) in [5.41, 5.74) is 2.14. The van der Waals surface area contributed by atoms with Crippen LogP contribution in [-0.2, 0) is 25.3 Å². The number of thioether (sulfide) groups is 1. The van der Waals surface area contributed by atoms with E-state index < -0.39 is 5.54 Å². The summed E-state index contributed by atoms with van der Waals surface area (Å²) < 4.78 is 18.1. The first-order valence-electron chi connectivity index (χ1n) is 12.1. The zero-order chi connectivity index (χ0) is 26.3. The van der Waals surface area contributed by atoms with E-state index in [4.69, 9.17) is 19.3 Å². The molecule has 1 atom stereocenters. The maximum absolute atomic E-state index is 13.6. The van der Waals surface area contributed by atoms with Crippen molar-refractivity contribution in [2.45, 2.75) is 57.7 Å². The third-order valence-electron chi connectivity index (χ3n) is 6.06. The van der Waals surface area contributed by atoms with E-state index in [1.807, 2.05) is 22.9 Å². The molecule has 3 heterocycles. The number of hydrogen-bond acceptors (Lipinski definition) is 7. The molecule has 0 saturated carbocycles. The number of carbonyl (C=O) groups is 2. The molecule has 4 rings (SSSR count). The van der Waals surface area contributed by atoms with E-state index in [0.717, 1.165) is 16.8 Å². The maximum atomic E-state index is 13.6. The van der Waals surface area contributed by atoms with Crippen molar-refractivity contribution < 1.29 is 23.8 Å². The molecule has 0 fully saturated rings. The van der Waals surface area contributed by atoms with Gasteiger partial charge in [-0.1, -0.05) is 26.8 Å². The van der Waals surface area contributed by atoms with Gasteiger partial charge in [-0.05, 0) is 38.5 Å². The minimum absolute atomic E-state index is 0.0880. The van der Waals surface area contributed by atoms with Gasteiger partial charge in [-0.3, -0.25) is 14.5 Å². The first kappa shape index (κ1) is 26.3. The number of rotatable bonds is 6. The summed E-state index contributed by atoms with van der Waals surface area (Å²) in [4.78, 5) is 28.0. The first-order valence-corrected chi connectivity index (χ1v) is 13.2. The van der Waals surface area contributed by atoms with E-state index in [-0.39, 0.29) is 41.6 Å². The van der Waals surface area contributed by atoms with Crippen LogP contribution < -0.4 is 19.7 Å². The molecule has 2 aliphatic rings. The van der Waals surface area contributed by atoms with E-state index in [2.05, 4.69) is 46.9 Å². The molecule has 0 saturated heterocycles. The second-order valence-corrected chi connectivity index (χ2v) is 12.1. The van der Waals surface area contributed by atoms with Gasteiger partial charge in [0.1, 0.15) is 12.4 Å². The topological polar surface area (TPSA) is 94.9 Å². The molecule has 36 heavy (non-hydrogen) atoms. The van der Waals surface area contributed by atoms with Gasteiger partial charge in [-0.25, -0.2) is 4.68 Å². The van der Waals surface area contributed by atoms with Crippen molar-refractivity contribution in [1.29, 1.82) is 0 Å². The third-order valence-corrected chi connectivity index (χ3v) is 7.32. The van der Waals surface area contributed by atoms with Gasteiger partial charge in [0.15, 0.2) is 11.5 Å². The molecule has 196 valence electrons. The monoisotopic (exact) mass is 516 g/mol. The Bertz CT molecular complexity index is 1150. The smallest absolute Gasteiger partial charge is 0.240 e. The van der Waals surface area contributed by atoms with E-state index in [0.29, 0.717) is 30.5 Å². The van der Waals surface area contributed by atoms with Crippen molar-refractivity contribution in [1.82, 2.24) is 15.1 Å². The number of carbonyl (C=O) groups excluding carboxylic acids is 2. The Morgan fingerprint density at radius 3 is 2.58 bits per heavy atom. The van der Waals surface area contributed by atoms with Crippen LogP contribution in [0.3, 0.4) is 0 Å². The summed E-state index contributed by atoms with van der Waals surface area (Å²) in [5, 5.41) is 7.76. The normalized spacial score (nSPS) is 17.7. The highest BCUT2D eigenvalue weighted by Crippen LogP contribution is 2.50. The molecular formula is C26H36N4O5S. The number of amides is 2. The van der Waals surface area contributed by atoms with Gasteiger partial charge >= 0.3 is 0 Å². The van der Waals surface area contributed by atoms with Gasteiger partial charge in [0.25, 0.3) is 0 Å². The standard InChI is InChI=1S/C26H36N4O5S/c1-25(2,3)23-21-22(16-8-9-17-18(12-16)35-15-34-17)36-14-20(32)29(13-19(31)27-10-11-33-7)24(21)30(28-23)26(4,5)6/h8-9,12,22H,10-11,13-15H2,1-7H3,(H,27,31). The molecule has 0 bridgehead atoms. The van der Waals surface area contributed by atoms with E-state index in [1.165, 1.54) is 0 Å². The van der Waals surface area contributed by atoms with Crippen LogP contribution in [0, 0.1) is 0 Å². The lowest BCUT2D eigenvalue weighted by atomic mass is 9.87. The molecule has 2 aliphatic heterocycles. The molecule has 10 heteroatoms. The van der Waals surface area contributed by atoms with Crippen LogP contribution in [0.2, 0.25) is 0 Å². The van der Waals surface area contributed by atoms with Crippen molar-refractivity contribution in [3.05, 3.63) is 35.0 Å². The number of fused-ring (bicyclic) bond motifs is 2. The number of anilines is 1. The number of benzene rings is 1. The fourth-order valence-corrected chi connectivity index (χ4v) is 5.56. The Morgan fingerprint density at radius 2 is 1.92 bits per heavy atom. The molecular weight excluding hydrogens is 480 g/mol. The lowest BCUT2D eigenvalue weighted by Crippen LogP contribution is -2.44. The number of nitrogens with one attached hydrogen (secondary N) is 1. The molecule has 1 unspecified atom stereocenters. The quantitative estimate of drug-likeness (QED) is 0.586. The lowest BCUT2D eigenvalue weighted by Gasteiger charge is -2.29. The molecule has 1 N–H and O–H groups in total. The lowest BCUT2D eigenvalue weighted by molar-refractivity contribution is -0.123. The van der Waals surface area contributed by atoms with E-state index in [1.54, 1.807) is 23.8 Å². The summed E-state index contributed by atoms with van der Waals surface area (Å²) in [6.07, 6.45) is 0. The van der Waals surface area contributed by atoms with Crippen LogP contribution in [0.1, 0.15) is 63.6 Å². The van der Waals surface area contributed by atoms with Crippen LogP contribution in [0.15, 0.2) is 18.2 Å². The summed E-state index contributed by atoms with van der Waals surface area (Å²) in [5.74, 6) is 1.94. The highest BCUT2D eigenvalue weighted by Gasteiger charge is 2.41. The van der Waals surface area contributed by atoms with Gasteiger partial charge in [0.2, 0.25) is 18.6 Å². The largest absolute Gasteiger partial charge is 0.454 e. The highest BCUT2D eigenvalue weighted by molar-refractivity contribution is 8.00. The van der Waals surface area contributed by atoms with Crippen molar-refractivity contribution in [3.63, 3.8) is 0 Å². The molecule has 1 aromatic heterocycles. The zero-order valence-corrected chi connectivity index (χ0v) is 23.0. The van der Waals surface area contributed by atoms with Crippen molar-refractivity contribution in [2.24, 2.45) is 0 Å². The number of nitrogens with zero attached hydrogens (tertiary/aromatic N) is 3. The van der Waals surface area contributed by atoms with Crippen molar-refractivity contribution in [2.75, 3.05) is 44.3 Å². The van der Waals surface area contributed by atoms with Crippen LogP contribution >= 0.6 is 11.8 Å². The molecule has 2 aromatic rings. The summed E-state index contributed by atoms with van der Waals surface area (Å²) in [6, 6.07) is 5.92. The van der Waals surface area contributed by atoms with Gasteiger partial charge in [0, 0.05) is 24.6 Å². The van der Waals surface area contributed by atoms with Crippen molar-refractivity contribution >= 4 is 29.4 Å². The maximum Gasteiger partial charge on any atom is 0.240 e. The minimum Gasteiger partial charge on any atom is -0.454 e. The van der Waals surface area contributed by atoms with Gasteiger partial charge in [-0.2, -0.15) is 5.10 Å². The summed E-state index contributed by atoms with van der Waals surface area (Å²) in [7, 11) is 1.58. The van der Waals surface area contributed by atoms with Gasteiger partial charge < -0.3 is 19.5 Å². The third kappa shape index (κ3) is 5.20. The Kier molecular flexibility index (Phi) is 7.30. The SMILES string of the molecule is COCCNC(=O)CN1C(=O)CSC(c2ccc3c(c2)OCO3)c2c(C(C)(C)C)nn(C(C)(C)C)c21. The number of methoxy groups -OCH3 is 1. The first-order chi connectivity index (χ1) is 16.9. The Hall–Kier alpha value is -2.72. The summed E-state index contributed by atoms with van der Waals surface area (Å²) >= 11 is 1.55. The second kappa shape index (κ2) is 9.97. The Balaban J connectivity index is 1.89. The zero-order valence-electron chi connectivity index (χ0n) is 22.1.